The molecule has 0 aromatic carbocycles. The van der Waals surface area contributed by atoms with Gasteiger partial charge in [0.25, 0.3) is 5.91 Å². The Kier molecular flexibility index (Phi) is 4.87. The Morgan fingerprint density at radius 3 is 2.59 bits per heavy atom. The SMILES string of the molecule is CC(O)c1onc(-c2cccs2)c1C(=O)N1CCN(c2ncccn2)CC1. The van der Waals surface area contributed by atoms with Gasteiger partial charge in [0, 0.05) is 38.6 Å². The highest BCUT2D eigenvalue weighted by molar-refractivity contribution is 7.13. The van der Waals surface area contributed by atoms with Crippen LogP contribution in [0.4, 0.5) is 5.95 Å². The number of nitrogens with zero attached hydrogens (tertiary/aromatic N) is 5. The average Bonchev–Trinajstić information content (AvgIpc) is 3.37. The Labute approximate surface area is 160 Å². The molecule has 4 rings (SSSR count). The molecule has 0 bridgehead atoms. The molecule has 4 heterocycles. The largest absolute Gasteiger partial charge is 0.385 e. The minimum atomic E-state index is -0.913. The van der Waals surface area contributed by atoms with Crippen molar-refractivity contribution in [2.45, 2.75) is 13.0 Å². The highest BCUT2D eigenvalue weighted by atomic mass is 32.1. The van der Waals surface area contributed by atoms with Crippen LogP contribution in [0.15, 0.2) is 40.5 Å². The minimum Gasteiger partial charge on any atom is -0.385 e. The van der Waals surface area contributed by atoms with Crippen molar-refractivity contribution in [3.63, 3.8) is 0 Å². The van der Waals surface area contributed by atoms with Crippen LogP contribution < -0.4 is 4.90 Å². The predicted octanol–water partition coefficient (Wildman–Crippen LogP) is 2.21. The minimum absolute atomic E-state index is 0.177. The predicted molar refractivity (Wildman–Crippen MR) is 101 cm³/mol. The Morgan fingerprint density at radius 1 is 1.22 bits per heavy atom. The number of hydrogen-bond donors (Lipinski definition) is 1. The molecule has 1 N–H and O–H groups in total. The van der Waals surface area contributed by atoms with Gasteiger partial charge in [-0.2, -0.15) is 0 Å². The molecule has 1 atom stereocenters. The lowest BCUT2D eigenvalue weighted by Crippen LogP contribution is -2.49. The van der Waals surface area contributed by atoms with E-state index in [2.05, 4.69) is 15.1 Å². The highest BCUT2D eigenvalue weighted by Crippen LogP contribution is 2.33. The molecule has 0 radical (unpaired) electrons. The smallest absolute Gasteiger partial charge is 0.260 e. The second-order valence-electron chi connectivity index (χ2n) is 6.25. The maximum absolute atomic E-state index is 13.2. The number of hydrogen-bond acceptors (Lipinski definition) is 8. The van der Waals surface area contributed by atoms with E-state index in [9.17, 15) is 9.90 Å². The summed E-state index contributed by atoms with van der Waals surface area (Å²) in [5.41, 5.74) is 0.830. The van der Waals surface area contributed by atoms with Crippen molar-refractivity contribution in [1.82, 2.24) is 20.0 Å². The Hall–Kier alpha value is -2.78. The first-order chi connectivity index (χ1) is 13.1. The van der Waals surface area contributed by atoms with E-state index in [1.54, 1.807) is 30.3 Å². The fraction of sp³-hybridized carbons (Fsp3) is 0.333. The topological polar surface area (TPSA) is 95.6 Å². The molecule has 1 unspecified atom stereocenters. The van der Waals surface area contributed by atoms with Gasteiger partial charge in [0.15, 0.2) is 5.76 Å². The first-order valence-electron chi connectivity index (χ1n) is 8.68. The summed E-state index contributed by atoms with van der Waals surface area (Å²) in [4.78, 5) is 26.4. The van der Waals surface area contributed by atoms with Crippen LogP contribution in [-0.4, -0.2) is 57.2 Å². The second kappa shape index (κ2) is 7.45. The summed E-state index contributed by atoms with van der Waals surface area (Å²) in [5.74, 6) is 0.694. The van der Waals surface area contributed by atoms with Crippen LogP contribution in [-0.2, 0) is 0 Å². The molecule has 0 saturated carbocycles. The molecule has 1 aliphatic heterocycles. The van der Waals surface area contributed by atoms with E-state index in [1.807, 2.05) is 22.4 Å². The Bertz CT molecular complexity index is 902. The normalized spacial score (nSPS) is 15.8. The van der Waals surface area contributed by atoms with E-state index < -0.39 is 6.10 Å². The third kappa shape index (κ3) is 3.43. The van der Waals surface area contributed by atoms with Gasteiger partial charge >= 0.3 is 0 Å². The summed E-state index contributed by atoms with van der Waals surface area (Å²) in [7, 11) is 0. The molecule has 1 amide bonds. The van der Waals surface area contributed by atoms with E-state index >= 15 is 0 Å². The summed E-state index contributed by atoms with van der Waals surface area (Å²) in [6.45, 7) is 3.91. The molecule has 27 heavy (non-hydrogen) atoms. The molecule has 9 heteroatoms. The monoisotopic (exact) mass is 385 g/mol. The van der Waals surface area contributed by atoms with Crippen LogP contribution in [0.1, 0.15) is 29.1 Å². The number of carbonyl (C=O) groups excluding carboxylic acids is 1. The first kappa shape index (κ1) is 17.6. The quantitative estimate of drug-likeness (QED) is 0.735. The second-order valence-corrected chi connectivity index (χ2v) is 7.20. The first-order valence-corrected chi connectivity index (χ1v) is 9.56. The lowest BCUT2D eigenvalue weighted by atomic mass is 10.1. The molecule has 0 spiro atoms. The van der Waals surface area contributed by atoms with Crippen LogP contribution >= 0.6 is 11.3 Å². The molecular weight excluding hydrogens is 366 g/mol. The average molecular weight is 385 g/mol. The van der Waals surface area contributed by atoms with Crippen molar-refractivity contribution in [3.05, 3.63) is 47.3 Å². The summed E-state index contributed by atoms with van der Waals surface area (Å²) in [6, 6.07) is 5.55. The molecule has 3 aromatic heterocycles. The number of amides is 1. The summed E-state index contributed by atoms with van der Waals surface area (Å²) < 4.78 is 5.31. The molecule has 1 fully saturated rings. The van der Waals surface area contributed by atoms with Crippen LogP contribution in [0.2, 0.25) is 0 Å². The van der Waals surface area contributed by atoms with Gasteiger partial charge in [-0.1, -0.05) is 11.2 Å². The van der Waals surface area contributed by atoms with Crippen molar-refractivity contribution in [1.29, 1.82) is 0 Å². The zero-order chi connectivity index (χ0) is 18.8. The number of thiophene rings is 1. The lowest BCUT2D eigenvalue weighted by Gasteiger charge is -2.34. The van der Waals surface area contributed by atoms with Gasteiger partial charge in [0.2, 0.25) is 5.95 Å². The molecule has 1 saturated heterocycles. The van der Waals surface area contributed by atoms with Crippen LogP contribution in [0.3, 0.4) is 0 Å². The van der Waals surface area contributed by atoms with Crippen molar-refractivity contribution in [2.75, 3.05) is 31.1 Å². The maximum Gasteiger partial charge on any atom is 0.260 e. The highest BCUT2D eigenvalue weighted by Gasteiger charge is 2.32. The maximum atomic E-state index is 13.2. The van der Waals surface area contributed by atoms with Gasteiger partial charge < -0.3 is 19.4 Å². The number of aliphatic hydroxyl groups is 1. The van der Waals surface area contributed by atoms with E-state index in [0.717, 1.165) is 4.88 Å². The Balaban J connectivity index is 1.56. The van der Waals surface area contributed by atoms with E-state index in [4.69, 9.17) is 4.52 Å². The van der Waals surface area contributed by atoms with Crippen molar-refractivity contribution < 1.29 is 14.4 Å². The van der Waals surface area contributed by atoms with E-state index in [0.29, 0.717) is 43.4 Å². The van der Waals surface area contributed by atoms with Gasteiger partial charge in [0.05, 0.1) is 4.88 Å². The van der Waals surface area contributed by atoms with Gasteiger partial charge in [-0.3, -0.25) is 4.79 Å². The molecule has 140 valence electrons. The summed E-state index contributed by atoms with van der Waals surface area (Å²) >= 11 is 1.48. The number of rotatable bonds is 4. The van der Waals surface area contributed by atoms with Gasteiger partial charge in [-0.25, -0.2) is 9.97 Å². The molecule has 0 aliphatic carbocycles. The van der Waals surface area contributed by atoms with Crippen LogP contribution in [0, 0.1) is 0 Å². The molecule has 1 aliphatic rings. The molecule has 3 aromatic rings. The number of anilines is 1. The third-order valence-corrected chi connectivity index (χ3v) is 5.34. The zero-order valence-corrected chi connectivity index (χ0v) is 15.6. The number of aliphatic hydroxyl groups excluding tert-OH is 1. The fourth-order valence-corrected chi connectivity index (χ4v) is 3.81. The number of piperazine rings is 1. The van der Waals surface area contributed by atoms with E-state index in [-0.39, 0.29) is 11.7 Å². The fourth-order valence-electron chi connectivity index (χ4n) is 3.10. The number of aromatic nitrogens is 3. The van der Waals surface area contributed by atoms with Crippen LogP contribution in [0.25, 0.3) is 10.6 Å². The number of carbonyl (C=O) groups is 1. The summed E-state index contributed by atoms with van der Waals surface area (Å²) in [6.07, 6.45) is 2.50. The Morgan fingerprint density at radius 2 is 1.96 bits per heavy atom. The zero-order valence-electron chi connectivity index (χ0n) is 14.8. The van der Waals surface area contributed by atoms with Crippen molar-refractivity contribution in [2.24, 2.45) is 0 Å². The van der Waals surface area contributed by atoms with Gasteiger partial charge in [-0.15, -0.1) is 11.3 Å². The molecular formula is C18H19N5O3S. The summed E-state index contributed by atoms with van der Waals surface area (Å²) in [5, 5.41) is 16.0. The lowest BCUT2D eigenvalue weighted by molar-refractivity contribution is 0.0735. The third-order valence-electron chi connectivity index (χ3n) is 4.47. The van der Waals surface area contributed by atoms with Crippen molar-refractivity contribution >= 4 is 23.2 Å². The van der Waals surface area contributed by atoms with Gasteiger partial charge in [0.1, 0.15) is 17.4 Å². The van der Waals surface area contributed by atoms with E-state index in [1.165, 1.54) is 11.3 Å². The van der Waals surface area contributed by atoms with Crippen molar-refractivity contribution in [3.8, 4) is 10.6 Å². The van der Waals surface area contributed by atoms with Gasteiger partial charge in [-0.05, 0) is 24.4 Å². The molecule has 8 nitrogen and oxygen atoms in total. The van der Waals surface area contributed by atoms with Crippen LogP contribution in [0.5, 0.6) is 0 Å². The standard InChI is InChI=1S/C18H19N5O3S/c1-12(24)16-14(15(21-26-16)13-4-2-11-27-13)17(25)22-7-9-23(10-8-22)18-19-5-3-6-20-18/h2-6,11-12,24H,7-10H2,1H3.